The van der Waals surface area contributed by atoms with Crippen molar-refractivity contribution >= 4 is 18.3 Å². The third-order valence-electron chi connectivity index (χ3n) is 5.79. The van der Waals surface area contributed by atoms with Crippen LogP contribution < -0.4 is 10.6 Å². The summed E-state index contributed by atoms with van der Waals surface area (Å²) in [6.07, 6.45) is 6.11. The molecule has 1 saturated carbocycles. The fourth-order valence-corrected chi connectivity index (χ4v) is 4.47. The molecule has 2 heterocycles. The second-order valence-electron chi connectivity index (χ2n) is 7.76. The summed E-state index contributed by atoms with van der Waals surface area (Å²) < 4.78 is 5.66. The largest absolute Gasteiger partial charge is 0.379 e. The molecule has 2 aliphatic heterocycles. The predicted octanol–water partition coefficient (Wildman–Crippen LogP) is 1.80. The number of hydrogen-bond donors (Lipinski definition) is 2. The van der Waals surface area contributed by atoms with E-state index >= 15 is 0 Å². The number of rotatable bonds is 4. The van der Waals surface area contributed by atoms with Crippen LogP contribution in [0.1, 0.15) is 46.0 Å². The molecular formula is C18H34ClN3O2. The van der Waals surface area contributed by atoms with E-state index < -0.39 is 0 Å². The van der Waals surface area contributed by atoms with Gasteiger partial charge < -0.3 is 20.3 Å². The molecule has 0 radical (unpaired) electrons. The summed E-state index contributed by atoms with van der Waals surface area (Å²) in [5.74, 6) is 1.13. The molecule has 3 fully saturated rings. The van der Waals surface area contributed by atoms with Crippen molar-refractivity contribution < 1.29 is 9.53 Å². The van der Waals surface area contributed by atoms with Crippen molar-refractivity contribution in [1.29, 1.82) is 0 Å². The molecule has 3 unspecified atom stereocenters. The summed E-state index contributed by atoms with van der Waals surface area (Å²) in [5, 5.41) is 7.57. The van der Waals surface area contributed by atoms with E-state index in [0.717, 1.165) is 45.7 Å². The second kappa shape index (κ2) is 9.37. The molecular weight excluding hydrogens is 326 g/mol. The molecule has 1 aliphatic carbocycles. The van der Waals surface area contributed by atoms with Crippen molar-refractivity contribution in [2.24, 2.45) is 11.8 Å². The summed E-state index contributed by atoms with van der Waals surface area (Å²) in [4.78, 5) is 14.1. The highest BCUT2D eigenvalue weighted by molar-refractivity contribution is 5.85. The van der Waals surface area contributed by atoms with E-state index in [9.17, 15) is 4.79 Å². The smallest absolute Gasteiger partial charge is 0.225 e. The van der Waals surface area contributed by atoms with Gasteiger partial charge in [0.2, 0.25) is 5.91 Å². The first-order valence-electron chi connectivity index (χ1n) is 9.51. The van der Waals surface area contributed by atoms with Gasteiger partial charge in [-0.15, -0.1) is 12.4 Å². The van der Waals surface area contributed by atoms with Gasteiger partial charge in [-0.25, -0.2) is 0 Å². The van der Waals surface area contributed by atoms with E-state index in [-0.39, 0.29) is 18.3 Å². The first kappa shape index (κ1) is 20.0. The zero-order chi connectivity index (χ0) is 16.2. The Kier molecular flexibility index (Phi) is 7.79. The fourth-order valence-electron chi connectivity index (χ4n) is 4.47. The third kappa shape index (κ3) is 4.84. The third-order valence-corrected chi connectivity index (χ3v) is 5.79. The molecule has 6 heteroatoms. The molecule has 24 heavy (non-hydrogen) atoms. The molecule has 1 amide bonds. The van der Waals surface area contributed by atoms with Crippen LogP contribution in [-0.2, 0) is 9.53 Å². The Morgan fingerprint density at radius 2 is 1.96 bits per heavy atom. The standard InChI is InChI=1S/C18H33N3O2.ClH/c1-13(2)18(22)21-9-6-14(7-10-21)20-16-5-3-4-15(16)17-12-23-11-8-19-17;/h13-17,19-20H,3-12H2,1-2H3;1H. The van der Waals surface area contributed by atoms with E-state index in [1.165, 1.54) is 19.3 Å². The Hall–Kier alpha value is -0.360. The molecule has 2 N–H and O–H groups in total. The molecule has 0 bridgehead atoms. The quantitative estimate of drug-likeness (QED) is 0.803. The lowest BCUT2D eigenvalue weighted by Gasteiger charge is -2.38. The Bertz CT molecular complexity index is 394. The lowest BCUT2D eigenvalue weighted by molar-refractivity contribution is -0.135. The normalized spacial score (nSPS) is 32.0. The number of amides is 1. The van der Waals surface area contributed by atoms with Crippen LogP contribution in [0, 0.1) is 11.8 Å². The van der Waals surface area contributed by atoms with Crippen LogP contribution >= 0.6 is 12.4 Å². The van der Waals surface area contributed by atoms with E-state index in [4.69, 9.17) is 4.74 Å². The first-order chi connectivity index (χ1) is 11.1. The summed E-state index contributed by atoms with van der Waals surface area (Å²) >= 11 is 0. The van der Waals surface area contributed by atoms with Crippen LogP contribution in [0.5, 0.6) is 0 Å². The lowest BCUT2D eigenvalue weighted by atomic mass is 9.92. The number of nitrogens with one attached hydrogen (secondary N) is 2. The van der Waals surface area contributed by atoms with Gasteiger partial charge in [-0.1, -0.05) is 20.3 Å². The molecule has 0 aromatic rings. The SMILES string of the molecule is CC(C)C(=O)N1CCC(NC2CCCC2C2COCCN2)CC1.Cl. The summed E-state index contributed by atoms with van der Waals surface area (Å²) in [5.41, 5.74) is 0. The second-order valence-corrected chi connectivity index (χ2v) is 7.76. The first-order valence-corrected chi connectivity index (χ1v) is 9.51. The highest BCUT2D eigenvalue weighted by Crippen LogP contribution is 2.30. The zero-order valence-corrected chi connectivity index (χ0v) is 15.9. The summed E-state index contributed by atoms with van der Waals surface area (Å²) in [6, 6.07) is 1.71. The van der Waals surface area contributed by atoms with Gasteiger partial charge in [0.1, 0.15) is 0 Å². The maximum absolute atomic E-state index is 12.1. The maximum atomic E-state index is 12.1. The van der Waals surface area contributed by atoms with Crippen LogP contribution in [0.3, 0.4) is 0 Å². The van der Waals surface area contributed by atoms with Gasteiger partial charge in [0.05, 0.1) is 13.2 Å². The fraction of sp³-hybridized carbons (Fsp3) is 0.944. The van der Waals surface area contributed by atoms with Crippen LogP contribution in [0.4, 0.5) is 0 Å². The number of likely N-dealkylation sites (tertiary alicyclic amines) is 1. The van der Waals surface area contributed by atoms with Gasteiger partial charge in [0, 0.05) is 43.7 Å². The number of nitrogens with zero attached hydrogens (tertiary/aromatic N) is 1. The molecule has 5 nitrogen and oxygen atoms in total. The Labute approximate surface area is 152 Å². The summed E-state index contributed by atoms with van der Waals surface area (Å²) in [6.45, 7) is 8.52. The van der Waals surface area contributed by atoms with Crippen LogP contribution in [-0.4, -0.2) is 61.8 Å². The van der Waals surface area contributed by atoms with Gasteiger partial charge in [-0.2, -0.15) is 0 Å². The average molecular weight is 360 g/mol. The average Bonchev–Trinajstić information content (AvgIpc) is 3.04. The molecule has 3 rings (SSSR count). The van der Waals surface area contributed by atoms with Gasteiger partial charge in [0.15, 0.2) is 0 Å². The molecule has 3 aliphatic rings. The zero-order valence-electron chi connectivity index (χ0n) is 15.1. The van der Waals surface area contributed by atoms with Crippen LogP contribution in [0.15, 0.2) is 0 Å². The number of ether oxygens (including phenoxy) is 1. The molecule has 3 atom stereocenters. The lowest BCUT2D eigenvalue weighted by Crippen LogP contribution is -2.54. The highest BCUT2D eigenvalue weighted by atomic mass is 35.5. The topological polar surface area (TPSA) is 53.6 Å². The Balaban J connectivity index is 0.00000208. The number of morpholine rings is 1. The van der Waals surface area contributed by atoms with Crippen molar-refractivity contribution in [3.8, 4) is 0 Å². The number of carbonyl (C=O) groups is 1. The van der Waals surface area contributed by atoms with Crippen molar-refractivity contribution in [2.75, 3.05) is 32.8 Å². The molecule has 0 aromatic heterocycles. The number of halogens is 1. The van der Waals surface area contributed by atoms with Crippen molar-refractivity contribution in [1.82, 2.24) is 15.5 Å². The Morgan fingerprint density at radius 1 is 1.21 bits per heavy atom. The van der Waals surface area contributed by atoms with Crippen LogP contribution in [0.25, 0.3) is 0 Å². The monoisotopic (exact) mass is 359 g/mol. The van der Waals surface area contributed by atoms with Gasteiger partial charge in [-0.3, -0.25) is 4.79 Å². The van der Waals surface area contributed by atoms with Crippen molar-refractivity contribution in [2.45, 2.75) is 64.1 Å². The van der Waals surface area contributed by atoms with E-state index in [0.29, 0.717) is 30.0 Å². The minimum absolute atomic E-state index is 0. The minimum atomic E-state index is 0. The van der Waals surface area contributed by atoms with E-state index in [2.05, 4.69) is 10.6 Å². The number of hydrogen-bond acceptors (Lipinski definition) is 4. The van der Waals surface area contributed by atoms with Gasteiger partial charge >= 0.3 is 0 Å². The molecule has 0 spiro atoms. The predicted molar refractivity (Wildman–Crippen MR) is 98.6 cm³/mol. The van der Waals surface area contributed by atoms with E-state index in [1.54, 1.807) is 0 Å². The Morgan fingerprint density at radius 3 is 2.58 bits per heavy atom. The van der Waals surface area contributed by atoms with Crippen molar-refractivity contribution in [3.63, 3.8) is 0 Å². The van der Waals surface area contributed by atoms with Gasteiger partial charge in [-0.05, 0) is 31.6 Å². The van der Waals surface area contributed by atoms with Crippen LogP contribution in [0.2, 0.25) is 0 Å². The minimum Gasteiger partial charge on any atom is -0.379 e. The number of piperidine rings is 1. The highest BCUT2D eigenvalue weighted by Gasteiger charge is 2.36. The molecule has 0 aromatic carbocycles. The number of carbonyl (C=O) groups excluding carboxylic acids is 1. The molecule has 140 valence electrons. The van der Waals surface area contributed by atoms with Gasteiger partial charge in [0.25, 0.3) is 0 Å². The maximum Gasteiger partial charge on any atom is 0.225 e. The molecule has 2 saturated heterocycles. The van der Waals surface area contributed by atoms with E-state index in [1.807, 2.05) is 18.7 Å². The van der Waals surface area contributed by atoms with Crippen molar-refractivity contribution in [3.05, 3.63) is 0 Å². The summed E-state index contributed by atoms with van der Waals surface area (Å²) in [7, 11) is 0.